The van der Waals surface area contributed by atoms with E-state index in [1.807, 2.05) is 0 Å². The SMILES string of the molecule is CN(CCS(C)(=O)=O)S(=O)(=O)c1ccc(N)cc1. The van der Waals surface area contributed by atoms with Crippen LogP contribution in [0.15, 0.2) is 29.2 Å². The van der Waals surface area contributed by atoms with Crippen LogP contribution in [0.5, 0.6) is 0 Å². The van der Waals surface area contributed by atoms with E-state index >= 15 is 0 Å². The molecule has 0 aliphatic rings. The maximum absolute atomic E-state index is 12.1. The summed E-state index contributed by atoms with van der Waals surface area (Å²) < 4.78 is 47.1. The van der Waals surface area contributed by atoms with Crippen LogP contribution in [0.2, 0.25) is 0 Å². The fraction of sp³-hybridized carbons (Fsp3) is 0.400. The van der Waals surface area contributed by atoms with E-state index in [2.05, 4.69) is 0 Å². The Kier molecular flexibility index (Phi) is 4.36. The van der Waals surface area contributed by atoms with E-state index in [9.17, 15) is 16.8 Å². The first-order chi connectivity index (χ1) is 8.13. The number of sulfone groups is 1. The first kappa shape index (κ1) is 14.9. The fourth-order valence-electron chi connectivity index (χ4n) is 1.23. The number of nitrogen functional groups attached to an aromatic ring is 1. The molecule has 1 aromatic carbocycles. The molecular weight excluding hydrogens is 276 g/mol. The van der Waals surface area contributed by atoms with Crippen LogP contribution in [0.4, 0.5) is 5.69 Å². The summed E-state index contributed by atoms with van der Waals surface area (Å²) in [5.41, 5.74) is 5.94. The summed E-state index contributed by atoms with van der Waals surface area (Å²) >= 11 is 0. The summed E-state index contributed by atoms with van der Waals surface area (Å²) in [6.45, 7) is -0.0778. The standard InChI is InChI=1S/C10H16N2O4S2/c1-12(7-8-17(2,13)14)18(15,16)10-5-3-9(11)4-6-10/h3-6H,7-8,11H2,1-2H3. The van der Waals surface area contributed by atoms with Gasteiger partial charge in [0, 0.05) is 25.5 Å². The number of hydrogen-bond donors (Lipinski definition) is 1. The van der Waals surface area contributed by atoms with E-state index < -0.39 is 19.9 Å². The van der Waals surface area contributed by atoms with Crippen molar-refractivity contribution in [2.24, 2.45) is 0 Å². The van der Waals surface area contributed by atoms with Gasteiger partial charge in [-0.3, -0.25) is 0 Å². The molecule has 0 aliphatic heterocycles. The summed E-state index contributed by atoms with van der Waals surface area (Å²) in [5, 5.41) is 0. The van der Waals surface area contributed by atoms with Gasteiger partial charge in [0.05, 0.1) is 10.6 Å². The normalized spacial score (nSPS) is 12.8. The van der Waals surface area contributed by atoms with Crippen molar-refractivity contribution >= 4 is 25.5 Å². The van der Waals surface area contributed by atoms with Crippen molar-refractivity contribution < 1.29 is 16.8 Å². The third-order valence-electron chi connectivity index (χ3n) is 2.37. The monoisotopic (exact) mass is 292 g/mol. The maximum atomic E-state index is 12.1. The lowest BCUT2D eigenvalue weighted by molar-refractivity contribution is 0.485. The van der Waals surface area contributed by atoms with E-state index in [4.69, 9.17) is 5.73 Å². The number of rotatable bonds is 5. The van der Waals surface area contributed by atoms with E-state index in [1.54, 1.807) is 0 Å². The minimum atomic E-state index is -3.66. The second-order valence-corrected chi connectivity index (χ2v) is 8.33. The van der Waals surface area contributed by atoms with Crippen LogP contribution in [0.3, 0.4) is 0 Å². The highest BCUT2D eigenvalue weighted by atomic mass is 32.2. The van der Waals surface area contributed by atoms with Gasteiger partial charge in [-0.1, -0.05) is 0 Å². The van der Waals surface area contributed by atoms with Gasteiger partial charge >= 0.3 is 0 Å². The van der Waals surface area contributed by atoms with Crippen molar-refractivity contribution in [1.29, 1.82) is 0 Å². The number of anilines is 1. The number of nitrogens with zero attached hydrogens (tertiary/aromatic N) is 1. The quantitative estimate of drug-likeness (QED) is 0.766. The Balaban J connectivity index is 2.90. The largest absolute Gasteiger partial charge is 0.399 e. The molecule has 102 valence electrons. The molecule has 0 fully saturated rings. The fourth-order valence-corrected chi connectivity index (χ4v) is 3.13. The highest BCUT2D eigenvalue weighted by Crippen LogP contribution is 2.15. The van der Waals surface area contributed by atoms with E-state index in [0.29, 0.717) is 5.69 Å². The summed E-state index contributed by atoms with van der Waals surface area (Å²) in [4.78, 5) is 0.0905. The van der Waals surface area contributed by atoms with Gasteiger partial charge in [-0.2, -0.15) is 4.31 Å². The molecule has 0 aromatic heterocycles. The molecule has 6 nitrogen and oxygen atoms in total. The zero-order valence-electron chi connectivity index (χ0n) is 10.2. The Labute approximate surface area is 107 Å². The zero-order valence-corrected chi connectivity index (χ0v) is 11.8. The van der Waals surface area contributed by atoms with Crippen LogP contribution >= 0.6 is 0 Å². The number of sulfonamides is 1. The lowest BCUT2D eigenvalue weighted by atomic mass is 10.3. The first-order valence-electron chi connectivity index (χ1n) is 5.12. The summed E-state index contributed by atoms with van der Waals surface area (Å²) in [5.74, 6) is -0.211. The predicted octanol–water partition coefficient (Wildman–Crippen LogP) is -0.0661. The van der Waals surface area contributed by atoms with Gasteiger partial charge in [0.25, 0.3) is 0 Å². The Morgan fingerprint density at radius 2 is 1.61 bits per heavy atom. The third-order valence-corrected chi connectivity index (χ3v) is 5.16. The molecule has 1 rings (SSSR count). The van der Waals surface area contributed by atoms with Gasteiger partial charge in [-0.15, -0.1) is 0 Å². The Bertz CT molecular complexity index is 606. The average molecular weight is 292 g/mol. The van der Waals surface area contributed by atoms with Gasteiger partial charge in [-0.05, 0) is 24.3 Å². The lowest BCUT2D eigenvalue weighted by Gasteiger charge is -2.16. The van der Waals surface area contributed by atoms with Crippen molar-refractivity contribution in [2.45, 2.75) is 4.90 Å². The lowest BCUT2D eigenvalue weighted by Crippen LogP contribution is -2.31. The molecular formula is C10H16N2O4S2. The van der Waals surface area contributed by atoms with Crippen molar-refractivity contribution in [3.05, 3.63) is 24.3 Å². The average Bonchev–Trinajstić information content (AvgIpc) is 2.25. The molecule has 0 bridgehead atoms. The predicted molar refractivity (Wildman–Crippen MR) is 70.4 cm³/mol. The van der Waals surface area contributed by atoms with Crippen LogP contribution in [0.25, 0.3) is 0 Å². The molecule has 0 saturated carbocycles. The minimum absolute atomic E-state index is 0.0778. The summed E-state index contributed by atoms with van der Waals surface area (Å²) in [6.07, 6.45) is 1.07. The molecule has 0 aliphatic carbocycles. The van der Waals surface area contributed by atoms with Crippen molar-refractivity contribution in [3.8, 4) is 0 Å². The molecule has 18 heavy (non-hydrogen) atoms. The number of hydrogen-bond acceptors (Lipinski definition) is 5. The van der Waals surface area contributed by atoms with Gasteiger partial charge in [-0.25, -0.2) is 16.8 Å². The molecule has 0 radical (unpaired) electrons. The molecule has 0 spiro atoms. The number of benzene rings is 1. The van der Waals surface area contributed by atoms with E-state index in [0.717, 1.165) is 10.6 Å². The molecule has 0 atom stereocenters. The van der Waals surface area contributed by atoms with Crippen molar-refractivity contribution in [1.82, 2.24) is 4.31 Å². The first-order valence-corrected chi connectivity index (χ1v) is 8.62. The molecule has 2 N–H and O–H groups in total. The van der Waals surface area contributed by atoms with E-state index in [-0.39, 0.29) is 17.2 Å². The topological polar surface area (TPSA) is 97.5 Å². The van der Waals surface area contributed by atoms with Gasteiger partial charge in [0.15, 0.2) is 0 Å². The highest BCUT2D eigenvalue weighted by molar-refractivity contribution is 7.91. The van der Waals surface area contributed by atoms with Crippen LogP contribution in [0, 0.1) is 0 Å². The second-order valence-electron chi connectivity index (χ2n) is 4.03. The van der Waals surface area contributed by atoms with Crippen LogP contribution < -0.4 is 5.73 Å². The Hall–Kier alpha value is -1.12. The second kappa shape index (κ2) is 5.25. The van der Waals surface area contributed by atoms with E-state index in [1.165, 1.54) is 31.3 Å². The number of nitrogens with two attached hydrogens (primary N) is 1. The van der Waals surface area contributed by atoms with Crippen LogP contribution in [-0.4, -0.2) is 46.7 Å². The molecule has 0 heterocycles. The van der Waals surface area contributed by atoms with Gasteiger partial charge < -0.3 is 5.73 Å². The van der Waals surface area contributed by atoms with Gasteiger partial charge in [0.1, 0.15) is 9.84 Å². The Morgan fingerprint density at radius 1 is 1.11 bits per heavy atom. The van der Waals surface area contributed by atoms with Crippen LogP contribution in [-0.2, 0) is 19.9 Å². The smallest absolute Gasteiger partial charge is 0.242 e. The Morgan fingerprint density at radius 3 is 2.06 bits per heavy atom. The molecule has 0 unspecified atom stereocenters. The molecule has 0 saturated heterocycles. The minimum Gasteiger partial charge on any atom is -0.399 e. The zero-order chi connectivity index (χ0) is 14.0. The summed E-state index contributed by atoms with van der Waals surface area (Å²) in [7, 11) is -5.52. The molecule has 8 heteroatoms. The highest BCUT2D eigenvalue weighted by Gasteiger charge is 2.21. The molecule has 0 amide bonds. The maximum Gasteiger partial charge on any atom is 0.242 e. The van der Waals surface area contributed by atoms with Crippen molar-refractivity contribution in [3.63, 3.8) is 0 Å². The molecule has 1 aromatic rings. The summed E-state index contributed by atoms with van der Waals surface area (Å²) in [6, 6.07) is 5.75. The van der Waals surface area contributed by atoms with Crippen molar-refractivity contribution in [2.75, 3.05) is 31.3 Å². The third kappa shape index (κ3) is 3.97. The van der Waals surface area contributed by atoms with Crippen LogP contribution in [0.1, 0.15) is 0 Å². The van der Waals surface area contributed by atoms with Gasteiger partial charge in [0.2, 0.25) is 10.0 Å².